The first-order valence-corrected chi connectivity index (χ1v) is 6.04. The molecule has 0 aliphatic heterocycles. The number of hydrogen-bond acceptors (Lipinski definition) is 2. The second-order valence-corrected chi connectivity index (χ2v) is 4.68. The van der Waals surface area contributed by atoms with Crippen molar-refractivity contribution in [3.05, 3.63) is 54.1 Å². The third kappa shape index (κ3) is 4.54. The number of carboxylic acids is 1. The summed E-state index contributed by atoms with van der Waals surface area (Å²) in [7, 11) is 0. The van der Waals surface area contributed by atoms with Crippen LogP contribution in [0.15, 0.2) is 48.0 Å². The summed E-state index contributed by atoms with van der Waals surface area (Å²) >= 11 is 0. The van der Waals surface area contributed by atoms with Crippen LogP contribution in [0.4, 0.5) is 0 Å². The molecule has 3 heteroatoms. The van der Waals surface area contributed by atoms with E-state index in [1.807, 2.05) is 31.2 Å². The van der Waals surface area contributed by atoms with Gasteiger partial charge in [0.2, 0.25) is 0 Å². The average molecular weight is 257 g/mol. The minimum Gasteiger partial charge on any atom is -0.480 e. The minimum atomic E-state index is -0.953. The molecular formula is C16H19NO2. The van der Waals surface area contributed by atoms with Gasteiger partial charge in [-0.25, -0.2) is 4.79 Å². The van der Waals surface area contributed by atoms with E-state index in [1.165, 1.54) is 0 Å². The molecule has 0 saturated heterocycles. The third-order valence-electron chi connectivity index (χ3n) is 2.81. The quantitative estimate of drug-likeness (QED) is 0.601. The van der Waals surface area contributed by atoms with Gasteiger partial charge in [-0.05, 0) is 36.8 Å². The van der Waals surface area contributed by atoms with Crippen molar-refractivity contribution in [3.63, 3.8) is 0 Å². The molecule has 3 nitrogen and oxygen atoms in total. The van der Waals surface area contributed by atoms with Crippen LogP contribution in [-0.2, 0) is 11.2 Å². The molecule has 0 radical (unpaired) electrons. The Kier molecular flexibility index (Phi) is 5.24. The molecule has 1 rings (SSSR count). The number of aliphatic imine (C=N–C) groups is 1. The molecule has 19 heavy (non-hydrogen) atoms. The summed E-state index contributed by atoms with van der Waals surface area (Å²) in [5.41, 5.74) is 4.04. The Balaban J connectivity index is 2.76. The van der Waals surface area contributed by atoms with Crippen molar-refractivity contribution in [3.8, 4) is 0 Å². The fraction of sp³-hybridized carbons (Fsp3) is 0.250. The highest BCUT2D eigenvalue weighted by molar-refractivity contribution is 5.75. The average Bonchev–Trinajstić information content (AvgIpc) is 2.35. The van der Waals surface area contributed by atoms with Gasteiger partial charge in [-0.3, -0.25) is 4.99 Å². The van der Waals surface area contributed by atoms with Gasteiger partial charge in [0.15, 0.2) is 6.04 Å². The predicted octanol–water partition coefficient (Wildman–Crippen LogP) is 3.36. The smallest absolute Gasteiger partial charge is 0.328 e. The van der Waals surface area contributed by atoms with Crippen LogP contribution >= 0.6 is 0 Å². The van der Waals surface area contributed by atoms with Crippen molar-refractivity contribution in [1.82, 2.24) is 0 Å². The number of benzene rings is 1. The van der Waals surface area contributed by atoms with Gasteiger partial charge in [0.1, 0.15) is 0 Å². The van der Waals surface area contributed by atoms with Crippen molar-refractivity contribution < 1.29 is 9.90 Å². The Bertz CT molecular complexity index is 500. The molecule has 1 aromatic rings. The maximum atomic E-state index is 10.9. The first-order valence-electron chi connectivity index (χ1n) is 6.04. The van der Waals surface area contributed by atoms with Crippen LogP contribution in [0.3, 0.4) is 0 Å². The number of hydrogen-bond donors (Lipinski definition) is 1. The fourth-order valence-corrected chi connectivity index (χ4v) is 1.80. The summed E-state index contributed by atoms with van der Waals surface area (Å²) in [5, 5.41) is 8.92. The molecule has 0 aliphatic carbocycles. The van der Waals surface area contributed by atoms with Gasteiger partial charge in [-0.2, -0.15) is 0 Å². The maximum absolute atomic E-state index is 10.9. The number of nitrogens with zero attached hydrogens (tertiary/aromatic N) is 1. The van der Waals surface area contributed by atoms with Crippen LogP contribution in [0.5, 0.6) is 0 Å². The second-order valence-electron chi connectivity index (χ2n) is 4.68. The highest BCUT2D eigenvalue weighted by Gasteiger charge is 2.15. The Morgan fingerprint density at radius 2 is 1.89 bits per heavy atom. The Labute approximate surface area is 114 Å². The molecule has 1 atom stereocenters. The van der Waals surface area contributed by atoms with E-state index in [2.05, 4.69) is 24.9 Å². The summed E-state index contributed by atoms with van der Waals surface area (Å²) in [4.78, 5) is 14.5. The SMILES string of the molecule is C=NC(Cc1ccc(C(=C)CC(=C)C)cc1)C(=O)O. The van der Waals surface area contributed by atoms with Crippen molar-refractivity contribution >= 4 is 18.3 Å². The lowest BCUT2D eigenvalue weighted by atomic mass is 9.98. The first-order chi connectivity index (χ1) is 8.93. The number of aliphatic carboxylic acids is 1. The topological polar surface area (TPSA) is 49.7 Å². The third-order valence-corrected chi connectivity index (χ3v) is 2.81. The maximum Gasteiger partial charge on any atom is 0.328 e. The Hall–Kier alpha value is -2.16. The Morgan fingerprint density at radius 3 is 2.32 bits per heavy atom. The highest BCUT2D eigenvalue weighted by atomic mass is 16.4. The van der Waals surface area contributed by atoms with E-state index < -0.39 is 12.0 Å². The number of carboxylic acid groups (broad SMARTS) is 1. The van der Waals surface area contributed by atoms with Crippen LogP contribution in [0, 0.1) is 0 Å². The molecule has 0 saturated carbocycles. The zero-order chi connectivity index (χ0) is 14.4. The zero-order valence-electron chi connectivity index (χ0n) is 11.2. The number of rotatable bonds is 7. The molecule has 0 heterocycles. The molecule has 1 aromatic carbocycles. The van der Waals surface area contributed by atoms with E-state index in [9.17, 15) is 4.79 Å². The van der Waals surface area contributed by atoms with Crippen LogP contribution in [0.1, 0.15) is 24.5 Å². The van der Waals surface area contributed by atoms with Crippen molar-refractivity contribution in [1.29, 1.82) is 0 Å². The van der Waals surface area contributed by atoms with Crippen LogP contribution < -0.4 is 0 Å². The Morgan fingerprint density at radius 1 is 1.32 bits per heavy atom. The lowest BCUT2D eigenvalue weighted by Gasteiger charge is -2.09. The standard InChI is InChI=1S/C16H19NO2/c1-11(2)9-12(3)14-7-5-13(6-8-14)10-15(17-4)16(18)19/h5-8,15H,1,3-4,9-10H2,2H3,(H,18,19). The molecular weight excluding hydrogens is 238 g/mol. The monoisotopic (exact) mass is 257 g/mol. The van der Waals surface area contributed by atoms with E-state index in [-0.39, 0.29) is 0 Å². The summed E-state index contributed by atoms with van der Waals surface area (Å²) in [6.07, 6.45) is 1.12. The molecule has 0 fully saturated rings. The number of carbonyl (C=O) groups is 1. The normalized spacial score (nSPS) is 11.6. The van der Waals surface area contributed by atoms with E-state index in [0.29, 0.717) is 6.42 Å². The first kappa shape index (κ1) is 14.9. The van der Waals surface area contributed by atoms with E-state index in [4.69, 9.17) is 5.11 Å². The van der Waals surface area contributed by atoms with Crippen LogP contribution in [0.25, 0.3) is 5.57 Å². The van der Waals surface area contributed by atoms with E-state index in [1.54, 1.807) is 0 Å². The molecule has 1 unspecified atom stereocenters. The van der Waals surface area contributed by atoms with Crippen molar-refractivity contribution in [2.75, 3.05) is 0 Å². The number of allylic oxidation sites excluding steroid dienone is 2. The summed E-state index contributed by atoms with van der Waals surface area (Å²) in [6.45, 7) is 13.1. The second kappa shape index (κ2) is 6.69. The van der Waals surface area contributed by atoms with E-state index >= 15 is 0 Å². The molecule has 0 aromatic heterocycles. The van der Waals surface area contributed by atoms with Gasteiger partial charge >= 0.3 is 5.97 Å². The molecule has 0 spiro atoms. The zero-order valence-corrected chi connectivity index (χ0v) is 11.2. The lowest BCUT2D eigenvalue weighted by Crippen LogP contribution is -2.20. The van der Waals surface area contributed by atoms with Crippen molar-refractivity contribution in [2.24, 2.45) is 4.99 Å². The van der Waals surface area contributed by atoms with Crippen LogP contribution in [-0.4, -0.2) is 23.8 Å². The van der Waals surface area contributed by atoms with Gasteiger partial charge in [-0.1, -0.05) is 43.0 Å². The molecule has 100 valence electrons. The van der Waals surface area contributed by atoms with Gasteiger partial charge in [0.25, 0.3) is 0 Å². The molecule has 0 aliphatic rings. The van der Waals surface area contributed by atoms with Gasteiger partial charge in [0, 0.05) is 6.42 Å². The molecule has 0 bridgehead atoms. The summed E-state index contributed by atoms with van der Waals surface area (Å²) in [5.74, 6) is -0.953. The highest BCUT2D eigenvalue weighted by Crippen LogP contribution is 2.20. The lowest BCUT2D eigenvalue weighted by molar-refractivity contribution is -0.138. The molecule has 1 N–H and O–H groups in total. The predicted molar refractivity (Wildman–Crippen MR) is 79.6 cm³/mol. The molecule has 0 amide bonds. The minimum absolute atomic E-state index is 0.353. The summed E-state index contributed by atoms with van der Waals surface area (Å²) < 4.78 is 0. The van der Waals surface area contributed by atoms with Crippen molar-refractivity contribution in [2.45, 2.75) is 25.8 Å². The van der Waals surface area contributed by atoms with E-state index in [0.717, 1.165) is 28.7 Å². The largest absolute Gasteiger partial charge is 0.480 e. The fourth-order valence-electron chi connectivity index (χ4n) is 1.80. The van der Waals surface area contributed by atoms with Gasteiger partial charge in [-0.15, -0.1) is 0 Å². The summed E-state index contributed by atoms with van der Waals surface area (Å²) in [6, 6.07) is 6.91. The van der Waals surface area contributed by atoms with Gasteiger partial charge < -0.3 is 5.11 Å². The van der Waals surface area contributed by atoms with Crippen LogP contribution in [0.2, 0.25) is 0 Å². The van der Waals surface area contributed by atoms with Gasteiger partial charge in [0.05, 0.1) is 0 Å².